The number of nitrogens with one attached hydrogen (secondary N) is 1. The van der Waals surface area contributed by atoms with Gasteiger partial charge in [0.25, 0.3) is 11.8 Å². The molecule has 0 aliphatic carbocycles. The van der Waals surface area contributed by atoms with Crippen LogP contribution in [0.4, 0.5) is 5.69 Å². The number of amides is 2. The summed E-state index contributed by atoms with van der Waals surface area (Å²) in [6.07, 6.45) is 0. The minimum absolute atomic E-state index is 0.116. The Morgan fingerprint density at radius 2 is 1.68 bits per heavy atom. The Balaban J connectivity index is 1.96. The molecule has 1 aliphatic heterocycles. The topological polar surface area (TPSA) is 84.9 Å². The number of hydrogen-bond donors (Lipinski definition) is 1. The average molecular weight is 380 g/mol. The Morgan fingerprint density at radius 1 is 1.00 bits per heavy atom. The van der Waals surface area contributed by atoms with Gasteiger partial charge in [0.15, 0.2) is 0 Å². The summed E-state index contributed by atoms with van der Waals surface area (Å²) < 4.78 is 10.0. The fourth-order valence-corrected chi connectivity index (χ4v) is 2.86. The van der Waals surface area contributed by atoms with E-state index in [1.807, 2.05) is 6.07 Å². The molecule has 28 heavy (non-hydrogen) atoms. The SMILES string of the molecule is CCOC(=O)CN1C(=O)C(Nc2ccc(OC)cc2)=C(c2ccccc2)C1=O. The smallest absolute Gasteiger partial charge is 0.326 e. The summed E-state index contributed by atoms with van der Waals surface area (Å²) in [4.78, 5) is 38.6. The van der Waals surface area contributed by atoms with Gasteiger partial charge in [0.2, 0.25) is 0 Å². The van der Waals surface area contributed by atoms with Crippen LogP contribution in [0.5, 0.6) is 5.75 Å². The lowest BCUT2D eigenvalue weighted by molar-refractivity contribution is -0.151. The number of anilines is 1. The van der Waals surface area contributed by atoms with E-state index in [0.29, 0.717) is 17.0 Å². The van der Waals surface area contributed by atoms with Gasteiger partial charge in [0.1, 0.15) is 18.0 Å². The van der Waals surface area contributed by atoms with E-state index in [0.717, 1.165) is 4.90 Å². The molecule has 7 heteroatoms. The van der Waals surface area contributed by atoms with Gasteiger partial charge in [0, 0.05) is 5.69 Å². The predicted octanol–water partition coefficient (Wildman–Crippen LogP) is 2.45. The molecule has 2 aromatic carbocycles. The Bertz CT molecular complexity index is 920. The van der Waals surface area contributed by atoms with Gasteiger partial charge in [-0.1, -0.05) is 30.3 Å². The molecular formula is C21H20N2O5. The molecule has 0 fully saturated rings. The van der Waals surface area contributed by atoms with Gasteiger partial charge in [-0.25, -0.2) is 0 Å². The van der Waals surface area contributed by atoms with Crippen molar-refractivity contribution < 1.29 is 23.9 Å². The average Bonchev–Trinajstić information content (AvgIpc) is 2.93. The molecule has 3 rings (SSSR count). The predicted molar refractivity (Wildman–Crippen MR) is 103 cm³/mol. The largest absolute Gasteiger partial charge is 0.497 e. The number of imide groups is 1. The van der Waals surface area contributed by atoms with Gasteiger partial charge in [-0.3, -0.25) is 19.3 Å². The highest BCUT2D eigenvalue weighted by molar-refractivity contribution is 6.37. The van der Waals surface area contributed by atoms with Crippen LogP contribution < -0.4 is 10.1 Å². The number of carbonyl (C=O) groups excluding carboxylic acids is 3. The molecule has 1 heterocycles. The van der Waals surface area contributed by atoms with Crippen LogP contribution in [-0.4, -0.2) is 42.9 Å². The Labute approximate surface area is 162 Å². The quantitative estimate of drug-likeness (QED) is 0.587. The lowest BCUT2D eigenvalue weighted by atomic mass is 10.0. The van der Waals surface area contributed by atoms with Crippen molar-refractivity contribution in [3.05, 3.63) is 65.9 Å². The highest BCUT2D eigenvalue weighted by Gasteiger charge is 2.40. The fraction of sp³-hybridized carbons (Fsp3) is 0.190. The number of rotatable bonds is 7. The summed E-state index contributed by atoms with van der Waals surface area (Å²) in [6.45, 7) is 1.40. The van der Waals surface area contributed by atoms with Gasteiger partial charge < -0.3 is 14.8 Å². The summed E-state index contributed by atoms with van der Waals surface area (Å²) in [6, 6.07) is 15.8. The molecule has 0 spiro atoms. The molecule has 0 atom stereocenters. The molecule has 0 aromatic heterocycles. The van der Waals surface area contributed by atoms with Crippen LogP contribution in [0.1, 0.15) is 12.5 Å². The lowest BCUT2D eigenvalue weighted by Crippen LogP contribution is -2.37. The third-order valence-corrected chi connectivity index (χ3v) is 4.18. The Morgan fingerprint density at radius 3 is 2.29 bits per heavy atom. The second kappa shape index (κ2) is 8.39. The zero-order valence-corrected chi connectivity index (χ0v) is 15.6. The minimum Gasteiger partial charge on any atom is -0.497 e. The summed E-state index contributed by atoms with van der Waals surface area (Å²) in [5, 5.41) is 3.02. The first-order chi connectivity index (χ1) is 13.5. The summed E-state index contributed by atoms with van der Waals surface area (Å²) in [5.74, 6) is -1.09. The maximum atomic E-state index is 12.9. The molecule has 1 N–H and O–H groups in total. The molecule has 144 valence electrons. The lowest BCUT2D eigenvalue weighted by Gasteiger charge is -2.14. The van der Waals surface area contributed by atoms with Crippen LogP contribution in [0, 0.1) is 0 Å². The standard InChI is InChI=1S/C21H20N2O5/c1-3-28-17(24)13-23-20(25)18(14-7-5-4-6-8-14)19(21(23)26)22-15-9-11-16(27-2)12-10-15/h4-12,22H,3,13H2,1-2H3. The number of esters is 1. The number of benzene rings is 2. The third kappa shape index (κ3) is 3.88. The van der Waals surface area contributed by atoms with E-state index in [-0.39, 0.29) is 17.9 Å². The van der Waals surface area contributed by atoms with Crippen LogP contribution in [0.15, 0.2) is 60.3 Å². The fourth-order valence-electron chi connectivity index (χ4n) is 2.86. The van der Waals surface area contributed by atoms with E-state index in [4.69, 9.17) is 9.47 Å². The van der Waals surface area contributed by atoms with Gasteiger partial charge in [-0.05, 0) is 36.8 Å². The zero-order valence-electron chi connectivity index (χ0n) is 15.6. The number of methoxy groups -OCH3 is 1. The van der Waals surface area contributed by atoms with Crippen LogP contribution in [0.25, 0.3) is 5.57 Å². The van der Waals surface area contributed by atoms with Crippen LogP contribution in [-0.2, 0) is 19.1 Å². The van der Waals surface area contributed by atoms with Gasteiger partial charge >= 0.3 is 5.97 Å². The molecular weight excluding hydrogens is 360 g/mol. The second-order valence-corrected chi connectivity index (χ2v) is 5.97. The van der Waals surface area contributed by atoms with E-state index in [9.17, 15) is 14.4 Å². The number of hydrogen-bond acceptors (Lipinski definition) is 6. The molecule has 0 radical (unpaired) electrons. The summed E-state index contributed by atoms with van der Waals surface area (Å²) >= 11 is 0. The van der Waals surface area contributed by atoms with E-state index >= 15 is 0 Å². The van der Waals surface area contributed by atoms with Gasteiger partial charge in [-0.2, -0.15) is 0 Å². The van der Waals surface area contributed by atoms with Crippen molar-refractivity contribution >= 4 is 29.0 Å². The monoisotopic (exact) mass is 380 g/mol. The van der Waals surface area contributed by atoms with Crippen LogP contribution in [0.3, 0.4) is 0 Å². The normalized spacial score (nSPS) is 13.7. The highest BCUT2D eigenvalue weighted by atomic mass is 16.5. The van der Waals surface area contributed by atoms with Crippen molar-refractivity contribution in [2.24, 2.45) is 0 Å². The zero-order chi connectivity index (χ0) is 20.1. The molecule has 0 bridgehead atoms. The van der Waals surface area contributed by atoms with Crippen molar-refractivity contribution in [3.63, 3.8) is 0 Å². The first-order valence-corrected chi connectivity index (χ1v) is 8.77. The van der Waals surface area contributed by atoms with E-state index in [1.165, 1.54) is 0 Å². The summed E-state index contributed by atoms with van der Waals surface area (Å²) in [7, 11) is 1.56. The maximum Gasteiger partial charge on any atom is 0.326 e. The van der Waals surface area contributed by atoms with Crippen molar-refractivity contribution in [2.75, 3.05) is 25.6 Å². The molecule has 2 amide bonds. The Hall–Kier alpha value is -3.61. The third-order valence-electron chi connectivity index (χ3n) is 4.18. The van der Waals surface area contributed by atoms with E-state index in [1.54, 1.807) is 62.6 Å². The van der Waals surface area contributed by atoms with Gasteiger partial charge in [0.05, 0.1) is 19.3 Å². The first-order valence-electron chi connectivity index (χ1n) is 8.77. The molecule has 0 saturated carbocycles. The molecule has 0 unspecified atom stereocenters. The Kier molecular flexibility index (Phi) is 5.74. The summed E-state index contributed by atoms with van der Waals surface area (Å²) in [5.41, 5.74) is 1.53. The maximum absolute atomic E-state index is 12.9. The van der Waals surface area contributed by atoms with Crippen molar-refractivity contribution in [1.29, 1.82) is 0 Å². The van der Waals surface area contributed by atoms with E-state index in [2.05, 4.69) is 5.32 Å². The van der Waals surface area contributed by atoms with Crippen molar-refractivity contribution in [2.45, 2.75) is 6.92 Å². The van der Waals surface area contributed by atoms with Crippen LogP contribution >= 0.6 is 0 Å². The molecule has 1 aliphatic rings. The minimum atomic E-state index is -0.637. The number of ether oxygens (including phenoxy) is 2. The molecule has 2 aromatic rings. The van der Waals surface area contributed by atoms with Gasteiger partial charge in [-0.15, -0.1) is 0 Å². The van der Waals surface area contributed by atoms with Crippen molar-refractivity contribution in [1.82, 2.24) is 4.90 Å². The number of nitrogens with zero attached hydrogens (tertiary/aromatic N) is 1. The van der Waals surface area contributed by atoms with Crippen molar-refractivity contribution in [3.8, 4) is 5.75 Å². The molecule has 0 saturated heterocycles. The molecule has 7 nitrogen and oxygen atoms in total. The van der Waals surface area contributed by atoms with Crippen LogP contribution in [0.2, 0.25) is 0 Å². The first kappa shape index (κ1) is 19.2. The number of carbonyl (C=O) groups is 3. The van der Waals surface area contributed by atoms with E-state index < -0.39 is 24.3 Å². The highest BCUT2D eigenvalue weighted by Crippen LogP contribution is 2.30. The second-order valence-electron chi connectivity index (χ2n) is 5.97.